The molecular weight excluding hydrogens is 180 g/mol. The maximum Gasteiger partial charge on any atom is -0.0263 e. The molecule has 0 nitrogen and oxygen atoms in total. The zero-order valence-electron chi connectivity index (χ0n) is 11.1. The Morgan fingerprint density at radius 3 is 1.80 bits per heavy atom. The van der Waals surface area contributed by atoms with Crippen LogP contribution in [-0.4, -0.2) is 0 Å². The molecule has 0 saturated heterocycles. The lowest BCUT2D eigenvalue weighted by Crippen LogP contribution is -1.92. The highest BCUT2D eigenvalue weighted by molar-refractivity contribution is 4.96. The summed E-state index contributed by atoms with van der Waals surface area (Å²) in [5, 5.41) is 0. The molecule has 0 amide bonds. The molecule has 0 rings (SSSR count). The fraction of sp³-hybridized carbons (Fsp3) is 0.867. The van der Waals surface area contributed by atoms with Gasteiger partial charge in [0.2, 0.25) is 0 Å². The van der Waals surface area contributed by atoms with E-state index < -0.39 is 0 Å². The lowest BCUT2D eigenvalue weighted by Gasteiger charge is -2.08. The number of allylic oxidation sites excluding steroid dienone is 1. The van der Waals surface area contributed by atoms with E-state index >= 15 is 0 Å². The molecule has 0 N–H and O–H groups in total. The Morgan fingerprint density at radius 1 is 0.867 bits per heavy atom. The zero-order chi connectivity index (χ0) is 11.5. The molecule has 90 valence electrons. The minimum Gasteiger partial charge on any atom is -0.0996 e. The van der Waals surface area contributed by atoms with E-state index in [1.165, 1.54) is 63.4 Å². The second-order valence-electron chi connectivity index (χ2n) is 5.04. The van der Waals surface area contributed by atoms with Crippen LogP contribution >= 0.6 is 0 Å². The molecule has 0 fully saturated rings. The minimum atomic E-state index is 0.676. The van der Waals surface area contributed by atoms with Crippen LogP contribution in [0.3, 0.4) is 0 Å². The minimum absolute atomic E-state index is 0.676. The van der Waals surface area contributed by atoms with Crippen LogP contribution in [-0.2, 0) is 0 Å². The topological polar surface area (TPSA) is 0 Å². The summed E-state index contributed by atoms with van der Waals surface area (Å²) < 4.78 is 0. The fourth-order valence-corrected chi connectivity index (χ4v) is 1.77. The van der Waals surface area contributed by atoms with Gasteiger partial charge in [-0.15, -0.1) is 0 Å². The van der Waals surface area contributed by atoms with Gasteiger partial charge in [-0.1, -0.05) is 77.9 Å². The molecule has 0 atom stereocenters. The Bertz CT molecular complexity index is 144. The first kappa shape index (κ1) is 14.7. The summed E-state index contributed by atoms with van der Waals surface area (Å²) in [6, 6.07) is 0. The molecular formula is C15H30. The van der Waals surface area contributed by atoms with E-state index in [1.54, 1.807) is 0 Å². The predicted octanol–water partition coefficient (Wildman–Crippen LogP) is 5.73. The highest BCUT2D eigenvalue weighted by atomic mass is 14.1. The normalized spacial score (nSPS) is 10.9. The lowest BCUT2D eigenvalue weighted by molar-refractivity contribution is 0.566. The number of unbranched alkanes of at least 4 members (excludes halogenated alkanes) is 7. The molecule has 0 aromatic heterocycles. The van der Waals surface area contributed by atoms with Crippen molar-refractivity contribution in [1.29, 1.82) is 0 Å². The molecule has 15 heavy (non-hydrogen) atoms. The standard InChI is InChI=1S/C15H30/c1-5-6-7-8-9-10-11-12-13-15(4)14(2)3/h14H,4-13H2,1-3H3. The van der Waals surface area contributed by atoms with Crippen LogP contribution in [0.5, 0.6) is 0 Å². The first-order chi connectivity index (χ1) is 7.18. The second kappa shape index (κ2) is 10.3. The van der Waals surface area contributed by atoms with E-state index in [2.05, 4.69) is 27.4 Å². The van der Waals surface area contributed by atoms with Gasteiger partial charge in [-0.3, -0.25) is 0 Å². The van der Waals surface area contributed by atoms with Crippen LogP contribution < -0.4 is 0 Å². The first-order valence-corrected chi connectivity index (χ1v) is 6.86. The third-order valence-corrected chi connectivity index (χ3v) is 3.17. The SMILES string of the molecule is C=C(CCCCCCCCCC)C(C)C. The van der Waals surface area contributed by atoms with Crippen molar-refractivity contribution in [2.45, 2.75) is 78.6 Å². The Kier molecular flexibility index (Phi) is 10.1. The first-order valence-electron chi connectivity index (χ1n) is 6.86. The maximum atomic E-state index is 4.11. The van der Waals surface area contributed by atoms with Gasteiger partial charge >= 0.3 is 0 Å². The van der Waals surface area contributed by atoms with Gasteiger partial charge in [0.1, 0.15) is 0 Å². The van der Waals surface area contributed by atoms with Gasteiger partial charge in [-0.25, -0.2) is 0 Å². The van der Waals surface area contributed by atoms with E-state index in [0.29, 0.717) is 5.92 Å². The van der Waals surface area contributed by atoms with Gasteiger partial charge in [0.25, 0.3) is 0 Å². The van der Waals surface area contributed by atoms with Crippen molar-refractivity contribution in [3.63, 3.8) is 0 Å². The monoisotopic (exact) mass is 210 g/mol. The smallest absolute Gasteiger partial charge is 0.0263 e. The van der Waals surface area contributed by atoms with E-state index in [9.17, 15) is 0 Å². The molecule has 0 radical (unpaired) electrons. The van der Waals surface area contributed by atoms with Gasteiger partial charge in [0, 0.05) is 0 Å². The Morgan fingerprint density at radius 2 is 1.33 bits per heavy atom. The molecule has 0 heterocycles. The Balaban J connectivity index is 3.08. The molecule has 0 aliphatic carbocycles. The molecule has 0 unspecified atom stereocenters. The van der Waals surface area contributed by atoms with Crippen molar-refractivity contribution in [1.82, 2.24) is 0 Å². The third-order valence-electron chi connectivity index (χ3n) is 3.17. The number of rotatable bonds is 10. The van der Waals surface area contributed by atoms with Crippen LogP contribution in [0.1, 0.15) is 78.6 Å². The number of hydrogen-bond donors (Lipinski definition) is 0. The van der Waals surface area contributed by atoms with E-state index in [1.807, 2.05) is 0 Å². The van der Waals surface area contributed by atoms with E-state index in [4.69, 9.17) is 0 Å². The van der Waals surface area contributed by atoms with Crippen LogP contribution in [0.25, 0.3) is 0 Å². The molecule has 0 saturated carbocycles. The van der Waals surface area contributed by atoms with Gasteiger partial charge in [0.15, 0.2) is 0 Å². The van der Waals surface area contributed by atoms with Crippen molar-refractivity contribution in [2.75, 3.05) is 0 Å². The maximum absolute atomic E-state index is 4.11. The molecule has 0 spiro atoms. The molecule has 0 heteroatoms. The van der Waals surface area contributed by atoms with Crippen molar-refractivity contribution >= 4 is 0 Å². The van der Waals surface area contributed by atoms with E-state index in [-0.39, 0.29) is 0 Å². The van der Waals surface area contributed by atoms with Gasteiger partial charge in [0.05, 0.1) is 0 Å². The van der Waals surface area contributed by atoms with Crippen LogP contribution in [0.15, 0.2) is 12.2 Å². The van der Waals surface area contributed by atoms with Gasteiger partial charge in [-0.2, -0.15) is 0 Å². The van der Waals surface area contributed by atoms with Gasteiger partial charge < -0.3 is 0 Å². The average Bonchev–Trinajstić information content (AvgIpc) is 2.21. The largest absolute Gasteiger partial charge is 0.0996 e. The summed E-state index contributed by atoms with van der Waals surface area (Å²) in [6.45, 7) is 10.9. The highest BCUT2D eigenvalue weighted by Crippen LogP contribution is 2.16. The Labute approximate surface area is 97.2 Å². The molecule has 0 aliphatic heterocycles. The zero-order valence-corrected chi connectivity index (χ0v) is 11.1. The fourth-order valence-electron chi connectivity index (χ4n) is 1.77. The third kappa shape index (κ3) is 10.0. The van der Waals surface area contributed by atoms with Crippen LogP contribution in [0.2, 0.25) is 0 Å². The van der Waals surface area contributed by atoms with Crippen LogP contribution in [0.4, 0.5) is 0 Å². The summed E-state index contributed by atoms with van der Waals surface area (Å²) in [7, 11) is 0. The average molecular weight is 210 g/mol. The summed E-state index contributed by atoms with van der Waals surface area (Å²) >= 11 is 0. The summed E-state index contributed by atoms with van der Waals surface area (Å²) in [5.41, 5.74) is 1.43. The van der Waals surface area contributed by atoms with Crippen molar-refractivity contribution in [3.8, 4) is 0 Å². The van der Waals surface area contributed by atoms with Gasteiger partial charge in [-0.05, 0) is 18.8 Å². The summed E-state index contributed by atoms with van der Waals surface area (Å²) in [5.74, 6) is 0.676. The van der Waals surface area contributed by atoms with Crippen molar-refractivity contribution in [3.05, 3.63) is 12.2 Å². The lowest BCUT2D eigenvalue weighted by atomic mass is 9.98. The molecule has 0 aliphatic rings. The van der Waals surface area contributed by atoms with Crippen molar-refractivity contribution in [2.24, 2.45) is 5.92 Å². The molecule has 0 aromatic carbocycles. The van der Waals surface area contributed by atoms with Crippen LogP contribution in [0, 0.1) is 5.92 Å². The van der Waals surface area contributed by atoms with E-state index in [0.717, 1.165) is 0 Å². The molecule has 0 aromatic rings. The summed E-state index contributed by atoms with van der Waals surface area (Å²) in [6.07, 6.45) is 12.5. The quantitative estimate of drug-likeness (QED) is 0.319. The predicted molar refractivity (Wildman–Crippen MR) is 71.2 cm³/mol. The Hall–Kier alpha value is -0.260. The second-order valence-corrected chi connectivity index (χ2v) is 5.04. The highest BCUT2D eigenvalue weighted by Gasteiger charge is 1.99. The number of hydrogen-bond acceptors (Lipinski definition) is 0. The molecule has 0 bridgehead atoms. The van der Waals surface area contributed by atoms with Crippen molar-refractivity contribution < 1.29 is 0 Å². The summed E-state index contributed by atoms with van der Waals surface area (Å²) in [4.78, 5) is 0.